The van der Waals surface area contributed by atoms with Gasteiger partial charge in [-0.1, -0.05) is 22.9 Å². The fraction of sp³-hybridized carbons (Fsp3) is 0.600. The lowest BCUT2D eigenvalue weighted by Crippen LogP contribution is -2.35. The van der Waals surface area contributed by atoms with Gasteiger partial charge in [0, 0.05) is 11.0 Å². The van der Waals surface area contributed by atoms with E-state index in [1.807, 2.05) is 0 Å². The highest BCUT2D eigenvalue weighted by atomic mass is 79.9. The zero-order valence-corrected chi connectivity index (χ0v) is 18.3. The molecule has 0 unspecified atom stereocenters. The molecular formula is C20H30BrNO6. The van der Waals surface area contributed by atoms with Crippen LogP contribution in [0.15, 0.2) is 16.6 Å². The molecule has 0 aliphatic carbocycles. The molecule has 0 aromatic heterocycles. The van der Waals surface area contributed by atoms with E-state index in [0.29, 0.717) is 13.2 Å². The number of hydrogen-bond donors (Lipinski definition) is 2. The number of ether oxygens (including phenoxy) is 2. The van der Waals surface area contributed by atoms with Gasteiger partial charge in [-0.2, -0.15) is 0 Å². The maximum Gasteiger partial charge on any atom is 0.414 e. The minimum Gasteiger partial charge on any atom is -0.491 e. The summed E-state index contributed by atoms with van der Waals surface area (Å²) in [6.07, 6.45) is 2.65. The third-order valence-electron chi connectivity index (χ3n) is 4.51. The molecule has 0 spiro atoms. The number of aliphatic carboxylic acids is 2. The van der Waals surface area contributed by atoms with Gasteiger partial charge < -0.3 is 24.6 Å². The van der Waals surface area contributed by atoms with Crippen LogP contribution < -0.4 is 4.74 Å². The summed E-state index contributed by atoms with van der Waals surface area (Å²) < 4.78 is 12.7. The molecule has 1 fully saturated rings. The second-order valence-electron chi connectivity index (χ2n) is 6.96. The van der Waals surface area contributed by atoms with Crippen molar-refractivity contribution in [2.45, 2.75) is 33.6 Å². The summed E-state index contributed by atoms with van der Waals surface area (Å²) in [5.74, 6) is -1.77. The highest BCUT2D eigenvalue weighted by molar-refractivity contribution is 9.10. The topological polar surface area (TPSA) is 96.3 Å². The maximum atomic E-state index is 9.10. The second-order valence-corrected chi connectivity index (χ2v) is 7.88. The number of carboxylic acids is 2. The zero-order valence-electron chi connectivity index (χ0n) is 16.7. The van der Waals surface area contributed by atoms with E-state index in [2.05, 4.69) is 53.7 Å². The summed E-state index contributed by atoms with van der Waals surface area (Å²) >= 11 is 3.51. The van der Waals surface area contributed by atoms with Gasteiger partial charge in [-0.05, 0) is 69.0 Å². The van der Waals surface area contributed by atoms with Gasteiger partial charge in [-0.25, -0.2) is 9.59 Å². The standard InChI is InChI=1S/C18H28BrNO2.C2H2O4/c1-14-4-6-20(7-5-14)8-9-21-10-11-22-18-15(2)12-17(19)13-16(18)3;3-1(4)2(5)6/h12-14H,4-11H2,1-3H3;(H,3,4)(H,5,6). The van der Waals surface area contributed by atoms with Crippen molar-refractivity contribution in [2.24, 2.45) is 5.92 Å². The smallest absolute Gasteiger partial charge is 0.414 e. The number of halogens is 1. The number of aryl methyl sites for hydroxylation is 2. The van der Waals surface area contributed by atoms with E-state index in [-0.39, 0.29) is 0 Å². The van der Waals surface area contributed by atoms with Crippen LogP contribution in [0.5, 0.6) is 5.75 Å². The number of benzene rings is 1. The third-order valence-corrected chi connectivity index (χ3v) is 4.97. The number of rotatable bonds is 7. The molecule has 1 aromatic carbocycles. The van der Waals surface area contributed by atoms with Crippen LogP contribution in [0.1, 0.15) is 30.9 Å². The summed E-state index contributed by atoms with van der Waals surface area (Å²) in [6.45, 7) is 12.0. The molecule has 2 rings (SSSR count). The first kappa shape index (κ1) is 24.4. The Kier molecular flexibility index (Phi) is 11.1. The van der Waals surface area contributed by atoms with E-state index in [4.69, 9.17) is 29.3 Å². The van der Waals surface area contributed by atoms with Gasteiger partial charge in [-0.15, -0.1) is 0 Å². The first-order valence-electron chi connectivity index (χ1n) is 9.36. The van der Waals surface area contributed by atoms with E-state index >= 15 is 0 Å². The summed E-state index contributed by atoms with van der Waals surface area (Å²) in [6, 6.07) is 4.17. The molecule has 1 saturated heterocycles. The molecule has 1 aliphatic heterocycles. The Morgan fingerprint density at radius 2 is 1.61 bits per heavy atom. The quantitative estimate of drug-likeness (QED) is 0.476. The number of carboxylic acid groups (broad SMARTS) is 2. The lowest BCUT2D eigenvalue weighted by molar-refractivity contribution is -0.159. The van der Waals surface area contributed by atoms with Gasteiger partial charge in [0.2, 0.25) is 0 Å². The van der Waals surface area contributed by atoms with Gasteiger partial charge in [0.1, 0.15) is 12.4 Å². The molecule has 0 radical (unpaired) electrons. The van der Waals surface area contributed by atoms with Crippen molar-refractivity contribution in [3.05, 3.63) is 27.7 Å². The summed E-state index contributed by atoms with van der Waals surface area (Å²) in [4.78, 5) is 20.7. The van der Waals surface area contributed by atoms with Crippen molar-refractivity contribution >= 4 is 27.9 Å². The van der Waals surface area contributed by atoms with Crippen LogP contribution in [0.4, 0.5) is 0 Å². The first-order chi connectivity index (χ1) is 13.2. The van der Waals surface area contributed by atoms with Crippen LogP contribution >= 0.6 is 15.9 Å². The predicted octanol–water partition coefficient (Wildman–Crippen LogP) is 3.35. The molecule has 0 amide bonds. The van der Waals surface area contributed by atoms with E-state index in [9.17, 15) is 0 Å². The third kappa shape index (κ3) is 9.52. The molecule has 1 aliphatic rings. The van der Waals surface area contributed by atoms with Crippen LogP contribution in [0.25, 0.3) is 0 Å². The Morgan fingerprint density at radius 1 is 1.07 bits per heavy atom. The molecule has 1 aromatic rings. The number of likely N-dealkylation sites (tertiary alicyclic amines) is 1. The van der Waals surface area contributed by atoms with Crippen molar-refractivity contribution in [3.63, 3.8) is 0 Å². The summed E-state index contributed by atoms with van der Waals surface area (Å²) in [7, 11) is 0. The van der Waals surface area contributed by atoms with Gasteiger partial charge in [0.05, 0.1) is 13.2 Å². The second kappa shape index (κ2) is 12.7. The van der Waals surface area contributed by atoms with Crippen molar-refractivity contribution < 1.29 is 29.3 Å². The monoisotopic (exact) mass is 459 g/mol. The highest BCUT2D eigenvalue weighted by Gasteiger charge is 2.14. The van der Waals surface area contributed by atoms with E-state index in [1.165, 1.54) is 25.9 Å². The average Bonchev–Trinajstić information content (AvgIpc) is 2.61. The first-order valence-corrected chi connectivity index (χ1v) is 10.2. The predicted molar refractivity (Wildman–Crippen MR) is 110 cm³/mol. The molecule has 0 saturated carbocycles. The van der Waals surface area contributed by atoms with Crippen LogP contribution in [0, 0.1) is 19.8 Å². The number of nitrogens with zero attached hydrogens (tertiary/aromatic N) is 1. The van der Waals surface area contributed by atoms with E-state index in [1.54, 1.807) is 0 Å². The van der Waals surface area contributed by atoms with Crippen molar-refractivity contribution in [2.75, 3.05) is 39.5 Å². The van der Waals surface area contributed by atoms with Gasteiger partial charge in [0.15, 0.2) is 0 Å². The number of hydrogen-bond acceptors (Lipinski definition) is 5. The zero-order chi connectivity index (χ0) is 21.1. The lowest BCUT2D eigenvalue weighted by atomic mass is 9.99. The van der Waals surface area contributed by atoms with Crippen LogP contribution in [0.2, 0.25) is 0 Å². The van der Waals surface area contributed by atoms with E-state index < -0.39 is 11.9 Å². The number of piperidine rings is 1. The minimum atomic E-state index is -1.82. The summed E-state index contributed by atoms with van der Waals surface area (Å²) in [5, 5.41) is 14.8. The highest BCUT2D eigenvalue weighted by Crippen LogP contribution is 2.27. The Labute approximate surface area is 174 Å². The lowest BCUT2D eigenvalue weighted by Gasteiger charge is -2.29. The Morgan fingerprint density at radius 3 is 2.11 bits per heavy atom. The Hall–Kier alpha value is -1.64. The van der Waals surface area contributed by atoms with Crippen molar-refractivity contribution in [1.82, 2.24) is 4.90 Å². The Balaban J connectivity index is 0.000000568. The van der Waals surface area contributed by atoms with Crippen LogP contribution in [-0.4, -0.2) is 66.5 Å². The van der Waals surface area contributed by atoms with E-state index in [0.717, 1.165) is 40.4 Å². The molecule has 0 bridgehead atoms. The molecule has 1 heterocycles. The molecule has 28 heavy (non-hydrogen) atoms. The Bertz CT molecular complexity index is 609. The SMILES string of the molecule is Cc1cc(Br)cc(C)c1OCCOCCN1CCC(C)CC1.O=C(O)C(=O)O. The molecule has 158 valence electrons. The summed E-state index contributed by atoms with van der Waals surface area (Å²) in [5.41, 5.74) is 2.32. The molecule has 2 N–H and O–H groups in total. The number of carbonyl (C=O) groups is 2. The molecular weight excluding hydrogens is 430 g/mol. The maximum absolute atomic E-state index is 9.10. The normalized spacial score (nSPS) is 14.9. The van der Waals surface area contributed by atoms with Gasteiger partial charge in [-0.3, -0.25) is 0 Å². The molecule has 0 atom stereocenters. The van der Waals surface area contributed by atoms with Crippen molar-refractivity contribution in [3.8, 4) is 5.75 Å². The minimum absolute atomic E-state index is 0.611. The molecule has 8 heteroatoms. The fourth-order valence-corrected chi connectivity index (χ4v) is 3.60. The fourth-order valence-electron chi connectivity index (χ4n) is 2.91. The largest absolute Gasteiger partial charge is 0.491 e. The van der Waals surface area contributed by atoms with Crippen LogP contribution in [-0.2, 0) is 14.3 Å². The molecule has 7 nitrogen and oxygen atoms in total. The van der Waals surface area contributed by atoms with Crippen LogP contribution in [0.3, 0.4) is 0 Å². The van der Waals surface area contributed by atoms with Gasteiger partial charge >= 0.3 is 11.9 Å². The van der Waals surface area contributed by atoms with Gasteiger partial charge in [0.25, 0.3) is 0 Å². The van der Waals surface area contributed by atoms with Crippen molar-refractivity contribution in [1.29, 1.82) is 0 Å². The average molecular weight is 460 g/mol.